The Labute approximate surface area is 161 Å². The zero-order valence-corrected chi connectivity index (χ0v) is 17.0. The summed E-state index contributed by atoms with van der Waals surface area (Å²) < 4.78 is 9.93. The van der Waals surface area contributed by atoms with Crippen molar-refractivity contribution in [1.82, 2.24) is 5.32 Å². The van der Waals surface area contributed by atoms with Crippen LogP contribution in [0, 0.1) is 0 Å². The minimum Gasteiger partial charge on any atom is -0.496 e. The molecule has 0 aromatic heterocycles. The molecule has 0 atom stereocenters. The van der Waals surface area contributed by atoms with Crippen LogP contribution in [0.5, 0.6) is 5.75 Å². The molecule has 1 rings (SSSR count). The maximum absolute atomic E-state index is 11.6. The van der Waals surface area contributed by atoms with Crippen molar-refractivity contribution in [2.24, 2.45) is 10.7 Å². The average Bonchev–Trinajstić information content (AvgIpc) is 2.58. The van der Waals surface area contributed by atoms with Crippen LogP contribution in [0.15, 0.2) is 23.2 Å². The quantitative estimate of drug-likeness (QED) is 0.199. The van der Waals surface area contributed by atoms with Gasteiger partial charge in [0.1, 0.15) is 11.3 Å². The van der Waals surface area contributed by atoms with Gasteiger partial charge in [0.25, 0.3) is 0 Å². The number of nitrogens with one attached hydrogen (secondary N) is 1. The van der Waals surface area contributed by atoms with Crippen molar-refractivity contribution in [3.63, 3.8) is 0 Å². The van der Waals surface area contributed by atoms with Crippen molar-refractivity contribution in [2.45, 2.75) is 39.2 Å². The molecule has 136 valence electrons. The molecule has 0 unspecified atom stereocenters. The number of hydrogen-bond donors (Lipinski definition) is 2. The molecular formula is C17H28IN3O3. The maximum Gasteiger partial charge on any atom is 0.341 e. The van der Waals surface area contributed by atoms with Gasteiger partial charge in [-0.2, -0.15) is 0 Å². The Hall–Kier alpha value is -1.51. The SMILES string of the molecule is CCCCCCNC(N)=NCc1ccc(C(=O)OC)c(OC)c1.I. The van der Waals surface area contributed by atoms with E-state index in [1.54, 1.807) is 12.1 Å². The minimum atomic E-state index is -0.426. The molecular weight excluding hydrogens is 421 g/mol. The first-order valence-electron chi connectivity index (χ1n) is 7.91. The van der Waals surface area contributed by atoms with Crippen LogP contribution in [-0.4, -0.2) is 32.7 Å². The fourth-order valence-electron chi connectivity index (χ4n) is 2.11. The molecule has 0 bridgehead atoms. The van der Waals surface area contributed by atoms with Crippen LogP contribution in [0.4, 0.5) is 0 Å². The molecule has 24 heavy (non-hydrogen) atoms. The normalized spacial score (nSPS) is 10.7. The maximum atomic E-state index is 11.6. The van der Waals surface area contributed by atoms with Crippen LogP contribution < -0.4 is 15.8 Å². The van der Waals surface area contributed by atoms with E-state index in [0.29, 0.717) is 23.8 Å². The number of esters is 1. The molecule has 0 aliphatic carbocycles. The monoisotopic (exact) mass is 449 g/mol. The van der Waals surface area contributed by atoms with Crippen LogP contribution in [0.25, 0.3) is 0 Å². The number of benzene rings is 1. The van der Waals surface area contributed by atoms with Crippen LogP contribution in [-0.2, 0) is 11.3 Å². The van der Waals surface area contributed by atoms with E-state index in [9.17, 15) is 4.79 Å². The van der Waals surface area contributed by atoms with Crippen molar-refractivity contribution in [3.05, 3.63) is 29.3 Å². The highest BCUT2D eigenvalue weighted by atomic mass is 127. The summed E-state index contributed by atoms with van der Waals surface area (Å²) in [5, 5.41) is 3.10. The second kappa shape index (κ2) is 12.9. The summed E-state index contributed by atoms with van der Waals surface area (Å²) in [6.07, 6.45) is 4.74. The number of ether oxygens (including phenoxy) is 2. The van der Waals surface area contributed by atoms with Crippen molar-refractivity contribution in [3.8, 4) is 5.75 Å². The first kappa shape index (κ1) is 22.5. The molecule has 0 fully saturated rings. The summed E-state index contributed by atoms with van der Waals surface area (Å²) in [6.45, 7) is 3.44. The molecule has 0 radical (unpaired) electrons. The van der Waals surface area contributed by atoms with Gasteiger partial charge in [-0.3, -0.25) is 0 Å². The van der Waals surface area contributed by atoms with E-state index in [1.165, 1.54) is 33.5 Å². The predicted octanol–water partition coefficient (Wildman–Crippen LogP) is 3.08. The first-order valence-corrected chi connectivity index (χ1v) is 7.91. The van der Waals surface area contributed by atoms with Gasteiger partial charge >= 0.3 is 5.97 Å². The molecule has 0 amide bonds. The second-order valence-electron chi connectivity index (χ2n) is 5.22. The molecule has 3 N–H and O–H groups in total. The summed E-state index contributed by atoms with van der Waals surface area (Å²) in [6, 6.07) is 5.25. The van der Waals surface area contributed by atoms with E-state index in [2.05, 4.69) is 17.2 Å². The Balaban J connectivity index is 0.00000529. The first-order chi connectivity index (χ1) is 11.1. The van der Waals surface area contributed by atoms with Gasteiger partial charge in [-0.15, -0.1) is 24.0 Å². The molecule has 0 aliphatic rings. The Morgan fingerprint density at radius 1 is 1.25 bits per heavy atom. The number of methoxy groups -OCH3 is 2. The van der Waals surface area contributed by atoms with Gasteiger partial charge in [0, 0.05) is 6.54 Å². The number of nitrogens with two attached hydrogens (primary N) is 1. The van der Waals surface area contributed by atoms with E-state index >= 15 is 0 Å². The lowest BCUT2D eigenvalue weighted by atomic mass is 10.1. The van der Waals surface area contributed by atoms with E-state index in [0.717, 1.165) is 18.5 Å². The molecule has 0 spiro atoms. The number of aliphatic imine (C=N–C) groups is 1. The Morgan fingerprint density at radius 2 is 2.00 bits per heavy atom. The van der Waals surface area contributed by atoms with Crippen LogP contribution in [0.3, 0.4) is 0 Å². The van der Waals surface area contributed by atoms with Crippen LogP contribution in [0.1, 0.15) is 48.5 Å². The summed E-state index contributed by atoms with van der Waals surface area (Å²) in [5.41, 5.74) is 7.14. The summed E-state index contributed by atoms with van der Waals surface area (Å²) in [7, 11) is 2.86. The largest absolute Gasteiger partial charge is 0.496 e. The standard InChI is InChI=1S/C17H27N3O3.HI/c1-4-5-6-7-10-19-17(18)20-12-13-8-9-14(16(21)23-3)15(11-13)22-2;/h8-9,11H,4-7,10,12H2,1-3H3,(H3,18,19,20);1H. The molecule has 0 saturated heterocycles. The van der Waals surface area contributed by atoms with Gasteiger partial charge in [-0.05, 0) is 24.1 Å². The summed E-state index contributed by atoms with van der Waals surface area (Å²) in [5.74, 6) is 0.471. The third kappa shape index (κ3) is 7.85. The van der Waals surface area contributed by atoms with Crippen LogP contribution >= 0.6 is 24.0 Å². The number of rotatable bonds is 9. The van der Waals surface area contributed by atoms with E-state index in [4.69, 9.17) is 15.2 Å². The van der Waals surface area contributed by atoms with Crippen molar-refractivity contribution >= 4 is 35.9 Å². The number of unbranched alkanes of at least 4 members (excludes halogenated alkanes) is 3. The highest BCUT2D eigenvalue weighted by Gasteiger charge is 2.12. The number of halogens is 1. The topological polar surface area (TPSA) is 85.9 Å². The molecule has 0 saturated carbocycles. The van der Waals surface area contributed by atoms with Crippen molar-refractivity contribution in [1.29, 1.82) is 0 Å². The average molecular weight is 449 g/mol. The third-order valence-electron chi connectivity index (χ3n) is 3.44. The number of hydrogen-bond acceptors (Lipinski definition) is 4. The lowest BCUT2D eigenvalue weighted by Gasteiger charge is -2.09. The fourth-order valence-corrected chi connectivity index (χ4v) is 2.11. The Kier molecular flexibility index (Phi) is 12.0. The fraction of sp³-hybridized carbons (Fsp3) is 0.529. The smallest absolute Gasteiger partial charge is 0.341 e. The predicted molar refractivity (Wildman–Crippen MR) is 107 cm³/mol. The van der Waals surface area contributed by atoms with Gasteiger partial charge in [0.2, 0.25) is 0 Å². The lowest BCUT2D eigenvalue weighted by Crippen LogP contribution is -2.32. The summed E-state index contributed by atoms with van der Waals surface area (Å²) in [4.78, 5) is 15.9. The Bertz CT molecular complexity index is 536. The molecule has 0 aliphatic heterocycles. The minimum absolute atomic E-state index is 0. The number of carbonyl (C=O) groups excluding carboxylic acids is 1. The lowest BCUT2D eigenvalue weighted by molar-refractivity contribution is 0.0597. The highest BCUT2D eigenvalue weighted by Crippen LogP contribution is 2.21. The number of guanidine groups is 1. The van der Waals surface area contributed by atoms with Gasteiger partial charge in [0.15, 0.2) is 5.96 Å². The zero-order chi connectivity index (χ0) is 17.1. The second-order valence-corrected chi connectivity index (χ2v) is 5.22. The van der Waals surface area contributed by atoms with Gasteiger partial charge in [0.05, 0.1) is 20.8 Å². The molecule has 1 aromatic rings. The Morgan fingerprint density at radius 3 is 2.62 bits per heavy atom. The van der Waals surface area contributed by atoms with E-state index < -0.39 is 5.97 Å². The van der Waals surface area contributed by atoms with Gasteiger partial charge in [-0.1, -0.05) is 32.3 Å². The molecule has 1 aromatic carbocycles. The molecule has 6 nitrogen and oxygen atoms in total. The molecule has 0 heterocycles. The van der Waals surface area contributed by atoms with Gasteiger partial charge in [-0.25, -0.2) is 9.79 Å². The number of carbonyl (C=O) groups is 1. The van der Waals surface area contributed by atoms with Gasteiger partial charge < -0.3 is 20.5 Å². The number of nitrogens with zero attached hydrogens (tertiary/aromatic N) is 1. The van der Waals surface area contributed by atoms with E-state index in [-0.39, 0.29) is 24.0 Å². The highest BCUT2D eigenvalue weighted by molar-refractivity contribution is 14.0. The molecule has 7 heteroatoms. The zero-order valence-electron chi connectivity index (χ0n) is 14.6. The third-order valence-corrected chi connectivity index (χ3v) is 3.44. The summed E-state index contributed by atoms with van der Waals surface area (Å²) >= 11 is 0. The van der Waals surface area contributed by atoms with Crippen molar-refractivity contribution in [2.75, 3.05) is 20.8 Å². The van der Waals surface area contributed by atoms with Crippen molar-refractivity contribution < 1.29 is 14.3 Å². The van der Waals surface area contributed by atoms with Crippen LogP contribution in [0.2, 0.25) is 0 Å². The van der Waals surface area contributed by atoms with E-state index in [1.807, 2.05) is 6.07 Å².